The van der Waals surface area contributed by atoms with Crippen molar-refractivity contribution in [3.05, 3.63) is 82.9 Å². The van der Waals surface area contributed by atoms with Crippen LogP contribution in [0.1, 0.15) is 51.5 Å². The highest BCUT2D eigenvalue weighted by Crippen LogP contribution is 2.35. The van der Waals surface area contributed by atoms with E-state index in [1.807, 2.05) is 49.1 Å². The van der Waals surface area contributed by atoms with Gasteiger partial charge in [0.15, 0.2) is 11.6 Å². The fraction of sp³-hybridized carbons (Fsp3) is 0.724. The average Bonchev–Trinajstić information content (AvgIpc) is 0.870. The van der Waals surface area contributed by atoms with E-state index >= 15 is 0 Å². The van der Waals surface area contributed by atoms with E-state index in [0.29, 0.717) is 353 Å². The first kappa shape index (κ1) is 112. The molecule has 0 radical (unpaired) electrons. The fourth-order valence-corrected chi connectivity index (χ4v) is 13.1. The van der Waals surface area contributed by atoms with Crippen molar-refractivity contribution in [2.24, 2.45) is 16.6 Å². The van der Waals surface area contributed by atoms with Crippen molar-refractivity contribution in [1.29, 1.82) is 0 Å². The predicted molar refractivity (Wildman–Crippen MR) is 460 cm³/mol. The highest BCUT2D eigenvalue weighted by atomic mass is 32.2. The number of amidine groups is 1. The van der Waals surface area contributed by atoms with E-state index in [4.69, 9.17) is 124 Å². The van der Waals surface area contributed by atoms with E-state index in [1.165, 1.54) is 4.31 Å². The molecule has 2 aliphatic rings. The summed E-state index contributed by atoms with van der Waals surface area (Å²) in [5.74, 6) is -9.42. The molecule has 36 nitrogen and oxygen atoms in total. The van der Waals surface area contributed by atoms with Crippen molar-refractivity contribution in [3.8, 4) is 16.9 Å². The van der Waals surface area contributed by atoms with E-state index < -0.39 is 51.4 Å². The Morgan fingerprint density at radius 2 is 0.703 bits per heavy atom. The molecule has 3 aromatic carbocycles. The largest absolute Gasteiger partial charge is 0.420 e. The van der Waals surface area contributed by atoms with Crippen LogP contribution in [-0.4, -0.2) is 404 Å². The molecule has 0 atom stereocenters. The molecule has 2 aliphatic heterocycles. The first-order chi connectivity index (χ1) is 62.7. The highest BCUT2D eigenvalue weighted by molar-refractivity contribution is 7.89. The van der Waals surface area contributed by atoms with Crippen molar-refractivity contribution in [3.63, 3.8) is 0 Å². The topological polar surface area (TPSA) is 382 Å². The van der Waals surface area contributed by atoms with Crippen molar-refractivity contribution >= 4 is 45.4 Å². The van der Waals surface area contributed by atoms with Gasteiger partial charge in [0.05, 0.1) is 347 Å². The van der Waals surface area contributed by atoms with Gasteiger partial charge in [-0.25, -0.2) is 22.2 Å². The third-order valence-corrected chi connectivity index (χ3v) is 19.8. The van der Waals surface area contributed by atoms with Gasteiger partial charge in [-0.05, 0) is 48.2 Å². The maximum atomic E-state index is 13.7. The monoisotopic (exact) mass is 1860 g/mol. The normalized spacial score (nSPS) is 13.1. The van der Waals surface area contributed by atoms with Crippen LogP contribution >= 0.6 is 0 Å². The molecule has 0 bridgehead atoms. The molecule has 0 aliphatic carbocycles. The summed E-state index contributed by atoms with van der Waals surface area (Å²) < 4.78 is 224. The number of rotatable bonds is 89. The summed E-state index contributed by atoms with van der Waals surface area (Å²) in [6.45, 7) is 26.4. The third-order valence-electron chi connectivity index (χ3n) is 18.0. The second kappa shape index (κ2) is 76.3. The number of benzene rings is 3. The number of ether oxygens (including phenoxy) is 26. The molecular weight excluding hydrogens is 1720 g/mol. The maximum Gasteiger partial charge on any atom is 0.313 e. The number of fused-ring (bicyclic) bond motifs is 1. The SMILES string of the molecule is CCCN(CCC)C(=O)C1=Cc2ccc(-c3cccc(S(=O)(=O)N4CC(CNC(=O)CCOCCOCCOCCOCCOCCOCCOCCOCCOCCOCCOCCOCCOCCOCCOCCOCCOCCOCCOCCOCCOCCOCCOCCOCCOCCC(=O)Oc5c(F)c(F)cc(F)c5F)C4)c3)cc2N=C(N)C1. The summed E-state index contributed by atoms with van der Waals surface area (Å²) in [6, 6.07) is 12.5. The lowest BCUT2D eigenvalue weighted by Gasteiger charge is -2.38. The zero-order valence-corrected chi connectivity index (χ0v) is 75.5. The van der Waals surface area contributed by atoms with Crippen molar-refractivity contribution < 1.29 is 164 Å². The lowest BCUT2D eigenvalue weighted by atomic mass is 10.0. The van der Waals surface area contributed by atoms with Crippen LogP contribution in [0, 0.1) is 29.2 Å². The van der Waals surface area contributed by atoms with Gasteiger partial charge in [-0.2, -0.15) is 13.1 Å². The highest BCUT2D eigenvalue weighted by Gasteiger charge is 2.37. The number of nitrogens with zero attached hydrogens (tertiary/aromatic N) is 3. The number of nitrogens with one attached hydrogen (secondary N) is 1. The maximum absolute atomic E-state index is 13.7. The minimum Gasteiger partial charge on any atom is -0.420 e. The molecule has 5 rings (SSSR count). The summed E-state index contributed by atoms with van der Waals surface area (Å²) >= 11 is 0. The third kappa shape index (κ3) is 54.8. The second-order valence-corrected chi connectivity index (χ2v) is 30.1. The van der Waals surface area contributed by atoms with Gasteiger partial charge in [0.2, 0.25) is 39.2 Å². The Morgan fingerprint density at radius 1 is 0.406 bits per heavy atom. The van der Waals surface area contributed by atoms with Gasteiger partial charge < -0.3 is 139 Å². The Kier molecular flexibility index (Phi) is 67.0. The molecule has 128 heavy (non-hydrogen) atoms. The Labute approximate surface area is 750 Å². The zero-order chi connectivity index (χ0) is 91.5. The Bertz CT molecular complexity index is 3480. The first-order valence-electron chi connectivity index (χ1n) is 44.0. The van der Waals surface area contributed by atoms with Crippen LogP contribution in [-0.2, 0) is 143 Å². The first-order valence-corrected chi connectivity index (χ1v) is 45.5. The number of hydrogen-bond donors (Lipinski definition) is 2. The molecule has 0 spiro atoms. The fourth-order valence-electron chi connectivity index (χ4n) is 11.5. The molecular formula is C87H139F4N5O31S. The number of aliphatic imine (C=N–C) groups is 1. The van der Waals surface area contributed by atoms with Crippen molar-refractivity contribution in [1.82, 2.24) is 14.5 Å². The average molecular weight is 1860 g/mol. The van der Waals surface area contributed by atoms with Crippen LogP contribution < -0.4 is 15.8 Å². The Hall–Kier alpha value is -6.09. The van der Waals surface area contributed by atoms with Gasteiger partial charge in [0, 0.05) is 68.7 Å². The van der Waals surface area contributed by atoms with Crippen LogP contribution in [0.15, 0.2) is 64.0 Å². The van der Waals surface area contributed by atoms with Gasteiger partial charge in [0.25, 0.3) is 0 Å². The summed E-state index contributed by atoms with van der Waals surface area (Å²) in [4.78, 5) is 44.4. The van der Waals surface area contributed by atoms with Gasteiger partial charge in [-0.3, -0.25) is 14.4 Å². The summed E-state index contributed by atoms with van der Waals surface area (Å²) in [6.07, 6.45) is 3.58. The van der Waals surface area contributed by atoms with E-state index in [2.05, 4.69) is 15.0 Å². The number of carbonyl (C=O) groups excluding carboxylic acids is 3. The van der Waals surface area contributed by atoms with E-state index in [-0.39, 0.29) is 74.6 Å². The minimum absolute atomic E-state index is 0.0118. The quantitative estimate of drug-likeness (QED) is 0.0219. The van der Waals surface area contributed by atoms with E-state index in [9.17, 15) is 40.4 Å². The smallest absolute Gasteiger partial charge is 0.313 e. The second-order valence-electron chi connectivity index (χ2n) is 28.1. The minimum atomic E-state index is -3.78. The number of nitrogens with two attached hydrogens (primary N) is 1. The molecule has 0 aromatic heterocycles. The van der Waals surface area contributed by atoms with E-state index in [1.54, 1.807) is 18.2 Å². The van der Waals surface area contributed by atoms with Gasteiger partial charge in [0.1, 0.15) is 5.84 Å². The van der Waals surface area contributed by atoms with Crippen molar-refractivity contribution in [2.75, 3.05) is 363 Å². The van der Waals surface area contributed by atoms with Crippen molar-refractivity contribution in [2.45, 2.75) is 50.8 Å². The molecule has 3 N–H and O–H groups in total. The van der Waals surface area contributed by atoms with Gasteiger partial charge >= 0.3 is 5.97 Å². The molecule has 2 heterocycles. The molecule has 1 fully saturated rings. The van der Waals surface area contributed by atoms with Crippen LogP contribution in [0.2, 0.25) is 0 Å². The van der Waals surface area contributed by atoms with Crippen LogP contribution in [0.4, 0.5) is 23.2 Å². The molecule has 1 saturated heterocycles. The van der Waals surface area contributed by atoms with Crippen LogP contribution in [0.3, 0.4) is 0 Å². The number of carbonyl (C=O) groups is 3. The van der Waals surface area contributed by atoms with Crippen LogP contribution in [0.25, 0.3) is 17.2 Å². The molecule has 2 amide bonds. The molecule has 732 valence electrons. The van der Waals surface area contributed by atoms with Gasteiger partial charge in [-0.1, -0.05) is 38.1 Å². The van der Waals surface area contributed by atoms with E-state index in [0.717, 1.165) is 24.0 Å². The predicted octanol–water partition coefficient (Wildman–Crippen LogP) is 5.87. The zero-order valence-electron chi connectivity index (χ0n) is 74.7. The number of amides is 2. The Morgan fingerprint density at radius 3 is 1.02 bits per heavy atom. The number of sulfonamides is 1. The summed E-state index contributed by atoms with van der Waals surface area (Å²) in [5, 5.41) is 2.89. The molecule has 41 heteroatoms. The van der Waals surface area contributed by atoms with Crippen LogP contribution in [0.5, 0.6) is 5.75 Å². The molecule has 3 aromatic rings. The Balaban J connectivity index is 0.621. The lowest BCUT2D eigenvalue weighted by Crippen LogP contribution is -2.53. The summed E-state index contributed by atoms with van der Waals surface area (Å²) in [7, 11) is -3.78. The van der Waals surface area contributed by atoms with Gasteiger partial charge in [-0.15, -0.1) is 0 Å². The number of hydrogen-bond acceptors (Lipinski definition) is 33. The lowest BCUT2D eigenvalue weighted by molar-refractivity contribution is -0.136. The number of halogens is 4. The molecule has 0 unspecified atom stereocenters. The summed E-state index contributed by atoms with van der Waals surface area (Å²) in [5.41, 5.74) is 9.76. The molecule has 0 saturated carbocycles. The number of esters is 1. The standard InChI is InChI=1S/C87H139F4N5O31S/c1-3-12-95(13-4-2)87(99)76-64-75-9-8-74(66-80(75)94-81(92)67-76)73-6-5-7-77(65-73)128(100,101)96-70-72(71-96)69-93-82(97)10-14-102-16-18-104-20-22-106-24-26-108-28-30-110-32-34-112-36-38-114-40-42-116-44-46-118-48-50-120-52-54-122-56-58-124-60-62-126-63-61-125-59-57-123-55-53-121-51-49-119-47-45-117-43-41-115-39-37-113-35-33-111-31-29-109-27-25-107-23-21-105-19-17-103-15-11-83(98)127-86-84(90)78(88)68-79(89)85(86)91/h5-9,64-66,68,72H,3-4,10-63,67,69-71H2,1-2H3,(H2,92,94)(H,93,97).